The van der Waals surface area contributed by atoms with Crippen LogP contribution in [0.2, 0.25) is 0 Å². The van der Waals surface area contributed by atoms with Crippen LogP contribution in [-0.4, -0.2) is 32.7 Å². The van der Waals surface area contributed by atoms with Crippen LogP contribution in [0.3, 0.4) is 0 Å². The fourth-order valence-corrected chi connectivity index (χ4v) is 3.88. The zero-order chi connectivity index (χ0) is 21.0. The first-order chi connectivity index (χ1) is 13.8. The lowest BCUT2D eigenvalue weighted by Gasteiger charge is -2.12. The van der Waals surface area contributed by atoms with Crippen molar-refractivity contribution in [3.8, 4) is 0 Å². The molecule has 8 heteroatoms. The summed E-state index contributed by atoms with van der Waals surface area (Å²) in [6, 6.07) is 10.7. The highest BCUT2D eigenvalue weighted by Gasteiger charge is 2.28. The van der Waals surface area contributed by atoms with E-state index >= 15 is 0 Å². The third-order valence-corrected chi connectivity index (χ3v) is 5.34. The Morgan fingerprint density at radius 1 is 1.21 bits per heavy atom. The number of benzene rings is 1. The van der Waals surface area contributed by atoms with Gasteiger partial charge in [0.2, 0.25) is 0 Å². The van der Waals surface area contributed by atoms with Gasteiger partial charge in [-0.2, -0.15) is 0 Å². The second-order valence-corrected chi connectivity index (χ2v) is 7.92. The summed E-state index contributed by atoms with van der Waals surface area (Å²) in [5, 5.41) is 2.23. The summed E-state index contributed by atoms with van der Waals surface area (Å²) in [5.74, 6) is 1.05. The molecule has 4 rings (SSSR count). The summed E-state index contributed by atoms with van der Waals surface area (Å²) in [5.41, 5.74) is 2.22. The van der Waals surface area contributed by atoms with Gasteiger partial charge in [-0.1, -0.05) is 31.7 Å². The van der Waals surface area contributed by atoms with Crippen molar-refractivity contribution in [1.82, 2.24) is 19.6 Å². The molecule has 0 unspecified atom stereocenters. The molecule has 0 bridgehead atoms. The highest BCUT2D eigenvalue weighted by molar-refractivity contribution is 7.99. The Morgan fingerprint density at radius 2 is 1.86 bits per heavy atom. The summed E-state index contributed by atoms with van der Waals surface area (Å²) in [6.45, 7) is 7.01. The number of imidazole rings is 1. The van der Waals surface area contributed by atoms with Gasteiger partial charge in [0, 0.05) is 23.8 Å². The Kier molecular flexibility index (Phi) is 6.53. The summed E-state index contributed by atoms with van der Waals surface area (Å²) in [4.78, 5) is 23.4. The number of amides is 1. The molecule has 0 atom stereocenters. The molecular weight excluding hydrogens is 391 g/mol. The molecule has 1 aliphatic rings. The van der Waals surface area contributed by atoms with E-state index in [0.717, 1.165) is 33.0 Å². The molecule has 3 heterocycles. The molecule has 1 aliphatic heterocycles. The summed E-state index contributed by atoms with van der Waals surface area (Å²) in [6.07, 6.45) is 3.35. The number of carbonyl (C=O) groups is 1. The summed E-state index contributed by atoms with van der Waals surface area (Å²) < 4.78 is 15.7. The number of hydrogen-bond acceptors (Lipinski definition) is 5. The second-order valence-electron chi connectivity index (χ2n) is 6.86. The van der Waals surface area contributed by atoms with E-state index in [4.69, 9.17) is 4.98 Å². The largest absolute Gasteiger partial charge is 0.467 e. The molecule has 0 N–H and O–H groups in total. The van der Waals surface area contributed by atoms with Crippen molar-refractivity contribution >= 4 is 17.9 Å². The fraction of sp³-hybridized carbons (Fsp3) is 0.286. The number of hydroxylamine groups is 2. The van der Waals surface area contributed by atoms with Crippen LogP contribution >= 0.6 is 11.8 Å². The number of pyridine rings is 1. The number of aryl methyl sites for hydroxylation is 1. The van der Waals surface area contributed by atoms with Crippen molar-refractivity contribution in [2.45, 2.75) is 43.2 Å². The Morgan fingerprint density at radius 3 is 2.41 bits per heavy atom. The first-order valence-electron chi connectivity index (χ1n) is 9.20. The van der Waals surface area contributed by atoms with E-state index in [2.05, 4.69) is 28.2 Å². The van der Waals surface area contributed by atoms with Crippen LogP contribution in [0, 0.1) is 12.7 Å². The number of nitrogens with zero attached hydrogens (tertiary/aromatic N) is 4. The average Bonchev–Trinajstić information content (AvgIpc) is 3.25. The lowest BCUT2D eigenvalue weighted by Crippen LogP contribution is -2.04. The molecule has 152 valence electrons. The number of hydrogen-bond donors (Lipinski definition) is 0. The Balaban J connectivity index is 0.000000419. The van der Waals surface area contributed by atoms with Gasteiger partial charge in [-0.25, -0.2) is 14.2 Å². The average molecular weight is 415 g/mol. The number of halogens is 1. The number of aromatic nitrogens is 3. The third kappa shape index (κ3) is 5.57. The van der Waals surface area contributed by atoms with Crippen LogP contribution in [0.25, 0.3) is 0 Å². The second kappa shape index (κ2) is 9.09. The van der Waals surface area contributed by atoms with Crippen LogP contribution in [0.15, 0.2) is 58.7 Å². The predicted molar refractivity (Wildman–Crippen MR) is 109 cm³/mol. The van der Waals surface area contributed by atoms with Crippen LogP contribution < -0.4 is 0 Å². The van der Waals surface area contributed by atoms with E-state index in [0.29, 0.717) is 5.92 Å². The van der Waals surface area contributed by atoms with E-state index in [1.54, 1.807) is 43.3 Å². The fourth-order valence-electron chi connectivity index (χ4n) is 2.65. The van der Waals surface area contributed by atoms with E-state index in [9.17, 15) is 9.18 Å². The lowest BCUT2D eigenvalue weighted by molar-refractivity contribution is 0.227. The summed E-state index contributed by atoms with van der Waals surface area (Å²) >= 11 is 1.57. The predicted octanol–water partition coefficient (Wildman–Crippen LogP) is 5.03. The maximum atomic E-state index is 13.5. The highest BCUT2D eigenvalue weighted by Crippen LogP contribution is 2.35. The maximum Gasteiger partial charge on any atom is 0.467 e. The van der Waals surface area contributed by atoms with Gasteiger partial charge in [-0.3, -0.25) is 4.98 Å². The standard InChI is InChI=1S/C19H20FN3S.C2H3NO2/c1-13(2)18-19(24-17-6-4-5-16(20)11-17)23(14(3)22-18)12-15-7-9-21-10-8-15;1-3-2(4)5-3/h4-11,13H,12H2,1-3H3;1H3. The van der Waals surface area contributed by atoms with Crippen LogP contribution in [-0.2, 0) is 11.4 Å². The monoisotopic (exact) mass is 414 g/mol. The van der Waals surface area contributed by atoms with Gasteiger partial charge in [0.15, 0.2) is 0 Å². The molecule has 29 heavy (non-hydrogen) atoms. The topological polar surface area (TPSA) is 63.3 Å². The van der Waals surface area contributed by atoms with E-state index < -0.39 is 0 Å². The minimum absolute atomic E-state index is 0.219. The molecule has 2 aromatic heterocycles. The summed E-state index contributed by atoms with van der Waals surface area (Å²) in [7, 11) is 1.56. The van der Waals surface area contributed by atoms with Crippen molar-refractivity contribution < 1.29 is 14.0 Å². The Labute approximate surface area is 173 Å². The number of carbonyl (C=O) groups excluding carboxylic acids is 1. The quantitative estimate of drug-likeness (QED) is 0.548. The maximum absolute atomic E-state index is 13.5. The van der Waals surface area contributed by atoms with Gasteiger partial charge < -0.3 is 9.40 Å². The normalized spacial score (nSPS) is 12.5. The Bertz CT molecular complexity index is 992. The van der Waals surface area contributed by atoms with E-state index in [-0.39, 0.29) is 11.9 Å². The van der Waals surface area contributed by atoms with Crippen LogP contribution in [0.5, 0.6) is 0 Å². The highest BCUT2D eigenvalue weighted by atomic mass is 32.2. The lowest BCUT2D eigenvalue weighted by atomic mass is 10.1. The molecule has 3 aromatic rings. The van der Waals surface area contributed by atoms with Gasteiger partial charge in [-0.05, 0) is 48.7 Å². The van der Waals surface area contributed by atoms with Crippen molar-refractivity contribution in [3.63, 3.8) is 0 Å². The molecule has 1 fully saturated rings. The minimum Gasteiger partial charge on any atom is -0.318 e. The van der Waals surface area contributed by atoms with Crippen molar-refractivity contribution in [2.24, 2.45) is 0 Å². The Hall–Kier alpha value is -2.87. The van der Waals surface area contributed by atoms with Crippen molar-refractivity contribution in [1.29, 1.82) is 0 Å². The molecule has 0 saturated carbocycles. The van der Waals surface area contributed by atoms with Crippen molar-refractivity contribution in [3.05, 3.63) is 71.7 Å². The first-order valence-corrected chi connectivity index (χ1v) is 10.0. The molecule has 1 aromatic carbocycles. The molecule has 0 radical (unpaired) electrons. The van der Waals surface area contributed by atoms with Gasteiger partial charge in [0.25, 0.3) is 0 Å². The number of rotatable bonds is 5. The zero-order valence-electron chi connectivity index (χ0n) is 16.8. The van der Waals surface area contributed by atoms with Crippen molar-refractivity contribution in [2.75, 3.05) is 7.05 Å². The molecular formula is C21H23FN4O2S. The molecule has 0 aliphatic carbocycles. The first kappa shape index (κ1) is 20.9. The molecule has 0 spiro atoms. The smallest absolute Gasteiger partial charge is 0.318 e. The van der Waals surface area contributed by atoms with Gasteiger partial charge in [-0.15, -0.1) is 5.06 Å². The minimum atomic E-state index is -0.245. The van der Waals surface area contributed by atoms with Gasteiger partial charge >= 0.3 is 6.09 Å². The zero-order valence-corrected chi connectivity index (χ0v) is 17.6. The van der Waals surface area contributed by atoms with Gasteiger partial charge in [0.1, 0.15) is 16.7 Å². The van der Waals surface area contributed by atoms with Crippen LogP contribution in [0.1, 0.15) is 36.8 Å². The molecule has 1 saturated heterocycles. The SMILES string of the molecule is CN1OC1=O.Cc1nc(C(C)C)c(Sc2cccc(F)c2)n1Cc1ccncc1. The van der Waals surface area contributed by atoms with Crippen LogP contribution in [0.4, 0.5) is 9.18 Å². The van der Waals surface area contributed by atoms with E-state index in [1.807, 2.05) is 25.1 Å². The van der Waals surface area contributed by atoms with Gasteiger partial charge in [0.05, 0.1) is 12.7 Å². The molecule has 6 nitrogen and oxygen atoms in total. The molecule has 1 amide bonds. The third-order valence-electron chi connectivity index (χ3n) is 4.22. The van der Waals surface area contributed by atoms with E-state index in [1.165, 1.54) is 11.6 Å².